The van der Waals surface area contributed by atoms with Crippen LogP contribution in [0, 0.1) is 26.0 Å². The first-order chi connectivity index (χ1) is 12.8. The topological polar surface area (TPSA) is 116 Å². The normalized spacial score (nSPS) is 13.0. The van der Waals surface area contributed by atoms with E-state index in [-0.39, 0.29) is 30.2 Å². The summed E-state index contributed by atoms with van der Waals surface area (Å²) in [6.07, 6.45) is 0.405. The number of carbonyl (C=O) groups excluding carboxylic acids is 1. The Morgan fingerprint density at radius 2 is 1.89 bits per heavy atom. The molecule has 0 saturated heterocycles. The summed E-state index contributed by atoms with van der Waals surface area (Å²) in [5.41, 5.74) is 0.0819. The minimum atomic E-state index is -0.915. The fraction of sp³-hybridized carbons (Fsp3) is 0.235. The minimum absolute atomic E-state index is 0.0487. The highest BCUT2D eigenvalue weighted by Gasteiger charge is 2.32. The maximum absolute atomic E-state index is 13.4. The summed E-state index contributed by atoms with van der Waals surface area (Å²) in [7, 11) is 1.09. The number of hydrogen-bond acceptors (Lipinski definition) is 7. The smallest absolute Gasteiger partial charge is 0.340 e. The molecule has 0 bridgehead atoms. The van der Waals surface area contributed by atoms with Crippen molar-refractivity contribution in [3.05, 3.63) is 73.1 Å². The lowest BCUT2D eigenvalue weighted by molar-refractivity contribution is -0.393. The number of nitro groups is 2. The molecular weight excluding hydrogens is 361 g/mol. The van der Waals surface area contributed by atoms with Crippen LogP contribution in [0.2, 0.25) is 0 Å². The van der Waals surface area contributed by atoms with Crippen molar-refractivity contribution in [1.82, 2.24) is 0 Å². The van der Waals surface area contributed by atoms with E-state index in [1.165, 1.54) is 12.1 Å². The first kappa shape index (κ1) is 18.2. The van der Waals surface area contributed by atoms with Crippen LogP contribution in [0.25, 0.3) is 0 Å². The molecule has 1 heterocycles. The van der Waals surface area contributed by atoms with Crippen molar-refractivity contribution in [1.29, 1.82) is 0 Å². The van der Waals surface area contributed by atoms with Crippen LogP contribution in [0.15, 0.2) is 30.3 Å². The number of carbonyl (C=O) groups is 1. The van der Waals surface area contributed by atoms with Crippen LogP contribution < -0.4 is 4.90 Å². The lowest BCUT2D eigenvalue weighted by Crippen LogP contribution is -2.32. The number of hydrogen-bond donors (Lipinski definition) is 0. The number of anilines is 1. The molecule has 9 nitrogen and oxygen atoms in total. The van der Waals surface area contributed by atoms with Gasteiger partial charge < -0.3 is 9.64 Å². The molecule has 0 radical (unpaired) electrons. The van der Waals surface area contributed by atoms with Crippen LogP contribution >= 0.6 is 0 Å². The Morgan fingerprint density at radius 1 is 1.15 bits per heavy atom. The van der Waals surface area contributed by atoms with Gasteiger partial charge in [0.05, 0.1) is 28.6 Å². The van der Waals surface area contributed by atoms with Gasteiger partial charge in [0.15, 0.2) is 0 Å². The van der Waals surface area contributed by atoms with Crippen molar-refractivity contribution in [2.45, 2.75) is 13.0 Å². The predicted octanol–water partition coefficient (Wildman–Crippen LogP) is 2.99. The Bertz CT molecular complexity index is 962. The van der Waals surface area contributed by atoms with E-state index in [9.17, 15) is 29.4 Å². The van der Waals surface area contributed by atoms with Crippen molar-refractivity contribution in [2.75, 3.05) is 18.6 Å². The van der Waals surface area contributed by atoms with Gasteiger partial charge in [-0.3, -0.25) is 20.2 Å². The monoisotopic (exact) mass is 375 g/mol. The van der Waals surface area contributed by atoms with E-state index >= 15 is 0 Å². The molecule has 0 N–H and O–H groups in total. The van der Waals surface area contributed by atoms with Crippen molar-refractivity contribution in [2.24, 2.45) is 0 Å². The van der Waals surface area contributed by atoms with E-state index < -0.39 is 27.2 Å². The summed E-state index contributed by atoms with van der Waals surface area (Å²) in [6, 6.07) is 6.05. The van der Waals surface area contributed by atoms with Crippen LogP contribution in [0.3, 0.4) is 0 Å². The number of fused-ring (bicyclic) bond motifs is 1. The second kappa shape index (κ2) is 6.98. The first-order valence-corrected chi connectivity index (χ1v) is 7.89. The molecule has 140 valence electrons. The largest absolute Gasteiger partial charge is 0.465 e. The fourth-order valence-electron chi connectivity index (χ4n) is 3.16. The fourth-order valence-corrected chi connectivity index (χ4v) is 3.16. The molecule has 27 heavy (non-hydrogen) atoms. The number of halogens is 1. The van der Waals surface area contributed by atoms with Gasteiger partial charge in [-0.25, -0.2) is 9.18 Å². The molecular formula is C17H14FN3O6. The molecule has 2 aromatic carbocycles. The predicted molar refractivity (Wildman–Crippen MR) is 92.2 cm³/mol. The van der Waals surface area contributed by atoms with Gasteiger partial charge in [0.2, 0.25) is 0 Å². The van der Waals surface area contributed by atoms with Gasteiger partial charge in [0.25, 0.3) is 11.4 Å². The molecule has 3 rings (SSSR count). The molecule has 0 aliphatic carbocycles. The van der Waals surface area contributed by atoms with Crippen LogP contribution in [-0.4, -0.2) is 29.5 Å². The van der Waals surface area contributed by atoms with E-state index in [1.807, 2.05) is 0 Å². The van der Waals surface area contributed by atoms with Crippen LogP contribution in [0.4, 0.5) is 21.5 Å². The third-order valence-electron chi connectivity index (χ3n) is 4.38. The van der Waals surface area contributed by atoms with Crippen molar-refractivity contribution >= 4 is 23.0 Å². The number of non-ortho nitro benzene ring substituents is 1. The highest BCUT2D eigenvalue weighted by molar-refractivity contribution is 5.99. The second-order valence-corrected chi connectivity index (χ2v) is 5.95. The lowest BCUT2D eigenvalue weighted by atomic mass is 9.97. The van der Waals surface area contributed by atoms with Gasteiger partial charge in [-0.2, -0.15) is 0 Å². The maximum atomic E-state index is 13.4. The molecule has 0 unspecified atom stereocenters. The number of nitrogens with zero attached hydrogens (tertiary/aromatic N) is 3. The number of ether oxygens (including phenoxy) is 1. The zero-order valence-corrected chi connectivity index (χ0v) is 14.2. The average molecular weight is 375 g/mol. The van der Waals surface area contributed by atoms with Crippen molar-refractivity contribution < 1.29 is 23.8 Å². The lowest BCUT2D eigenvalue weighted by Gasteiger charge is -2.31. The van der Waals surface area contributed by atoms with Gasteiger partial charge in [0.1, 0.15) is 11.5 Å². The zero-order chi connectivity index (χ0) is 19.7. The quantitative estimate of drug-likeness (QED) is 0.458. The van der Waals surface area contributed by atoms with E-state index in [0.717, 1.165) is 30.4 Å². The highest BCUT2D eigenvalue weighted by Crippen LogP contribution is 2.39. The van der Waals surface area contributed by atoms with Gasteiger partial charge in [-0.15, -0.1) is 0 Å². The zero-order valence-electron chi connectivity index (χ0n) is 14.2. The van der Waals surface area contributed by atoms with Crippen LogP contribution in [0.1, 0.15) is 21.5 Å². The number of esters is 1. The van der Waals surface area contributed by atoms with Crippen molar-refractivity contribution in [3.8, 4) is 0 Å². The van der Waals surface area contributed by atoms with Gasteiger partial charge in [-0.05, 0) is 29.7 Å². The maximum Gasteiger partial charge on any atom is 0.340 e. The second-order valence-electron chi connectivity index (χ2n) is 5.95. The van der Waals surface area contributed by atoms with E-state index in [2.05, 4.69) is 4.74 Å². The number of rotatable bonds is 4. The average Bonchev–Trinajstić information content (AvgIpc) is 2.65. The first-order valence-electron chi connectivity index (χ1n) is 7.89. The van der Waals surface area contributed by atoms with E-state index in [4.69, 9.17) is 0 Å². The molecule has 1 aliphatic rings. The SMILES string of the molecule is COC(=O)c1cc([N+](=O)[O-])cc([N+](=O)[O-])c1N1CCc2cc(F)ccc2C1. The van der Waals surface area contributed by atoms with Gasteiger partial charge in [-0.1, -0.05) is 6.07 Å². The highest BCUT2D eigenvalue weighted by atomic mass is 19.1. The molecule has 10 heteroatoms. The number of methoxy groups -OCH3 is 1. The Kier molecular flexibility index (Phi) is 4.72. The third-order valence-corrected chi connectivity index (χ3v) is 4.38. The summed E-state index contributed by atoms with van der Waals surface area (Å²) < 4.78 is 18.1. The summed E-state index contributed by atoms with van der Waals surface area (Å²) >= 11 is 0. The molecule has 1 aliphatic heterocycles. The molecule has 0 amide bonds. The summed E-state index contributed by atoms with van der Waals surface area (Å²) in [6.45, 7) is 0.470. The summed E-state index contributed by atoms with van der Waals surface area (Å²) in [4.78, 5) is 34.8. The van der Waals surface area contributed by atoms with Crippen molar-refractivity contribution in [3.63, 3.8) is 0 Å². The molecule has 0 spiro atoms. The minimum Gasteiger partial charge on any atom is -0.465 e. The van der Waals surface area contributed by atoms with Gasteiger partial charge >= 0.3 is 5.97 Å². The molecule has 0 atom stereocenters. The molecule has 0 saturated carbocycles. The van der Waals surface area contributed by atoms with Crippen LogP contribution in [-0.2, 0) is 17.7 Å². The molecule has 0 fully saturated rings. The standard InChI is InChI=1S/C17H14FN3O6/c1-27-17(22)14-7-13(20(23)24)8-15(21(25)26)16(14)19-5-4-10-6-12(18)3-2-11(10)9-19/h2-3,6-8H,4-5,9H2,1H3. The number of benzene rings is 2. The van der Waals surface area contributed by atoms with Crippen LogP contribution in [0.5, 0.6) is 0 Å². The number of nitro benzene ring substituents is 2. The third kappa shape index (κ3) is 3.41. The Morgan fingerprint density at radius 3 is 2.52 bits per heavy atom. The Labute approximate surface area is 152 Å². The van der Waals surface area contributed by atoms with E-state index in [0.29, 0.717) is 6.42 Å². The van der Waals surface area contributed by atoms with E-state index in [1.54, 1.807) is 11.0 Å². The molecule has 0 aromatic heterocycles. The van der Waals surface area contributed by atoms with Gasteiger partial charge in [0, 0.05) is 19.2 Å². The Hall–Kier alpha value is -3.56. The summed E-state index contributed by atoms with van der Waals surface area (Å²) in [5, 5.41) is 22.7. The Balaban J connectivity index is 2.16. The summed E-state index contributed by atoms with van der Waals surface area (Å²) in [5.74, 6) is -1.29. The molecule has 2 aromatic rings.